The highest BCUT2D eigenvalue weighted by Gasteiger charge is 2.26. The highest BCUT2D eigenvalue weighted by molar-refractivity contribution is 5.97. The van der Waals surface area contributed by atoms with Crippen LogP contribution < -0.4 is 11.1 Å². The Balaban J connectivity index is 2.07. The molecule has 0 heterocycles. The van der Waals surface area contributed by atoms with Crippen LogP contribution in [0.1, 0.15) is 46.9 Å². The van der Waals surface area contributed by atoms with Crippen molar-refractivity contribution in [3.8, 4) is 0 Å². The number of hydrogen-bond acceptors (Lipinski definition) is 2. The molecule has 4 nitrogen and oxygen atoms in total. The van der Waals surface area contributed by atoms with Gasteiger partial charge < -0.3 is 11.1 Å². The molecule has 3 N–H and O–H groups in total. The fourth-order valence-corrected chi connectivity index (χ4v) is 2.21. The van der Waals surface area contributed by atoms with E-state index in [2.05, 4.69) is 17.5 Å². The summed E-state index contributed by atoms with van der Waals surface area (Å²) < 4.78 is 0. The summed E-state index contributed by atoms with van der Waals surface area (Å²) in [5.41, 5.74) is 5.93. The number of amides is 2. The topological polar surface area (TPSA) is 72.2 Å². The van der Waals surface area contributed by atoms with Gasteiger partial charge in [-0.3, -0.25) is 9.59 Å². The first-order valence-corrected chi connectivity index (χ1v) is 6.38. The third kappa shape index (κ3) is 3.22. The van der Waals surface area contributed by atoms with Crippen LogP contribution in [0.4, 0.5) is 0 Å². The van der Waals surface area contributed by atoms with Gasteiger partial charge in [0.05, 0.1) is 0 Å². The fraction of sp³-hybridized carbons (Fsp3) is 0.333. The molecule has 100 valence electrons. The van der Waals surface area contributed by atoms with Gasteiger partial charge in [-0.25, -0.2) is 0 Å². The molecule has 19 heavy (non-hydrogen) atoms. The molecule has 0 radical (unpaired) electrons. The van der Waals surface area contributed by atoms with Gasteiger partial charge in [0.2, 0.25) is 5.91 Å². The van der Waals surface area contributed by atoms with Gasteiger partial charge in [0.15, 0.2) is 0 Å². The Labute approximate surface area is 112 Å². The highest BCUT2D eigenvalue weighted by Crippen LogP contribution is 2.23. The number of allylic oxidation sites excluding steroid dienone is 1. The number of nitrogens with two attached hydrogens (primary N) is 1. The maximum atomic E-state index is 12.1. The smallest absolute Gasteiger partial charge is 0.251 e. The summed E-state index contributed by atoms with van der Waals surface area (Å²) in [6.45, 7) is 2.05. The first-order valence-electron chi connectivity index (χ1n) is 6.38. The van der Waals surface area contributed by atoms with Crippen LogP contribution in [-0.2, 0) is 0 Å². The van der Waals surface area contributed by atoms with Crippen molar-refractivity contribution in [1.29, 1.82) is 0 Å². The standard InChI is InChI=1S/C15H18N2O2/c1-15(9-3-2-4-10-15)17-14(19)12-7-5-11(6-8-12)13(16)18/h2-3,5-8H,4,9-10H2,1H3,(H2,16,18)(H,17,19)/t15-/m0/s1. The van der Waals surface area contributed by atoms with Gasteiger partial charge in [0, 0.05) is 16.7 Å². The predicted molar refractivity (Wildman–Crippen MR) is 73.8 cm³/mol. The van der Waals surface area contributed by atoms with Gasteiger partial charge in [-0.1, -0.05) is 12.2 Å². The van der Waals surface area contributed by atoms with Gasteiger partial charge >= 0.3 is 0 Å². The Kier molecular flexibility index (Phi) is 3.69. The lowest BCUT2D eigenvalue weighted by molar-refractivity contribution is 0.0899. The molecular formula is C15H18N2O2. The van der Waals surface area contributed by atoms with Crippen molar-refractivity contribution in [3.05, 3.63) is 47.5 Å². The zero-order valence-electron chi connectivity index (χ0n) is 11.0. The molecule has 2 amide bonds. The molecule has 1 atom stereocenters. The molecule has 2 rings (SSSR count). The van der Waals surface area contributed by atoms with Crippen LogP contribution in [0.3, 0.4) is 0 Å². The van der Waals surface area contributed by atoms with E-state index >= 15 is 0 Å². The van der Waals surface area contributed by atoms with Crippen molar-refractivity contribution in [2.75, 3.05) is 0 Å². The van der Waals surface area contributed by atoms with Gasteiger partial charge in [-0.15, -0.1) is 0 Å². The Morgan fingerprint density at radius 2 is 1.79 bits per heavy atom. The number of carbonyl (C=O) groups excluding carboxylic acids is 2. The maximum Gasteiger partial charge on any atom is 0.251 e. The Hall–Kier alpha value is -2.10. The average Bonchev–Trinajstić information content (AvgIpc) is 2.39. The van der Waals surface area contributed by atoms with Crippen LogP contribution >= 0.6 is 0 Å². The van der Waals surface area contributed by atoms with Gasteiger partial charge in [0.1, 0.15) is 0 Å². The monoisotopic (exact) mass is 258 g/mol. The summed E-state index contributed by atoms with van der Waals surface area (Å²) in [5.74, 6) is -0.606. The summed E-state index contributed by atoms with van der Waals surface area (Å²) in [6.07, 6.45) is 7.00. The summed E-state index contributed by atoms with van der Waals surface area (Å²) in [7, 11) is 0. The van der Waals surface area contributed by atoms with Crippen molar-refractivity contribution >= 4 is 11.8 Å². The SMILES string of the molecule is C[C@]1(NC(=O)c2ccc(C(N)=O)cc2)CC=CCC1. The van der Waals surface area contributed by atoms with E-state index in [0.29, 0.717) is 11.1 Å². The molecule has 1 aromatic carbocycles. The normalized spacial score (nSPS) is 21.9. The third-order valence-electron chi connectivity index (χ3n) is 3.44. The number of rotatable bonds is 3. The number of primary amides is 1. The number of benzene rings is 1. The van der Waals surface area contributed by atoms with E-state index in [9.17, 15) is 9.59 Å². The van der Waals surface area contributed by atoms with E-state index < -0.39 is 5.91 Å². The maximum absolute atomic E-state index is 12.1. The van der Waals surface area contributed by atoms with Crippen molar-refractivity contribution in [3.63, 3.8) is 0 Å². The van der Waals surface area contributed by atoms with E-state index in [-0.39, 0.29) is 11.4 Å². The lowest BCUT2D eigenvalue weighted by Crippen LogP contribution is -2.46. The van der Waals surface area contributed by atoms with Crippen LogP contribution in [0.15, 0.2) is 36.4 Å². The second-order valence-corrected chi connectivity index (χ2v) is 5.17. The van der Waals surface area contributed by atoms with Crippen LogP contribution in [0.25, 0.3) is 0 Å². The molecule has 0 aromatic heterocycles. The van der Waals surface area contributed by atoms with Gasteiger partial charge in [0.25, 0.3) is 5.91 Å². The molecule has 0 spiro atoms. The molecule has 0 fully saturated rings. The van der Waals surface area contributed by atoms with E-state index in [0.717, 1.165) is 19.3 Å². The number of nitrogens with one attached hydrogen (secondary N) is 1. The minimum absolute atomic E-state index is 0.117. The third-order valence-corrected chi connectivity index (χ3v) is 3.44. The number of carbonyl (C=O) groups is 2. The summed E-state index contributed by atoms with van der Waals surface area (Å²) in [6, 6.07) is 6.38. The van der Waals surface area contributed by atoms with Crippen molar-refractivity contribution < 1.29 is 9.59 Å². The second kappa shape index (κ2) is 5.26. The lowest BCUT2D eigenvalue weighted by Gasteiger charge is -2.32. The van der Waals surface area contributed by atoms with Crippen LogP contribution in [-0.4, -0.2) is 17.4 Å². The zero-order valence-corrected chi connectivity index (χ0v) is 11.0. The Morgan fingerprint density at radius 3 is 2.32 bits per heavy atom. The first-order chi connectivity index (χ1) is 9.00. The van der Waals surface area contributed by atoms with Crippen molar-refractivity contribution in [2.45, 2.75) is 31.7 Å². The van der Waals surface area contributed by atoms with E-state index in [4.69, 9.17) is 5.73 Å². The zero-order chi connectivity index (χ0) is 13.9. The quantitative estimate of drug-likeness (QED) is 0.814. The number of hydrogen-bond donors (Lipinski definition) is 2. The van der Waals surface area contributed by atoms with E-state index in [1.807, 2.05) is 6.92 Å². The molecule has 1 aromatic rings. The second-order valence-electron chi connectivity index (χ2n) is 5.17. The van der Waals surface area contributed by atoms with Crippen LogP contribution in [0.5, 0.6) is 0 Å². The van der Waals surface area contributed by atoms with E-state index in [1.165, 1.54) is 0 Å². The Morgan fingerprint density at radius 1 is 1.16 bits per heavy atom. The van der Waals surface area contributed by atoms with Crippen molar-refractivity contribution in [2.24, 2.45) is 5.73 Å². The summed E-state index contributed by atoms with van der Waals surface area (Å²) in [5, 5.41) is 3.05. The molecule has 4 heteroatoms. The molecule has 0 saturated heterocycles. The fourth-order valence-electron chi connectivity index (χ4n) is 2.21. The minimum Gasteiger partial charge on any atom is -0.366 e. The summed E-state index contributed by atoms with van der Waals surface area (Å²) in [4.78, 5) is 23.1. The summed E-state index contributed by atoms with van der Waals surface area (Å²) >= 11 is 0. The van der Waals surface area contributed by atoms with E-state index in [1.54, 1.807) is 24.3 Å². The molecule has 0 saturated carbocycles. The molecule has 0 bridgehead atoms. The molecule has 1 aliphatic rings. The molecule has 0 unspecified atom stereocenters. The highest BCUT2D eigenvalue weighted by atomic mass is 16.2. The predicted octanol–water partition coefficient (Wildman–Crippen LogP) is 2.01. The Bertz CT molecular complexity index is 519. The minimum atomic E-state index is -0.490. The van der Waals surface area contributed by atoms with Gasteiger partial charge in [-0.05, 0) is 50.5 Å². The molecule has 0 aliphatic heterocycles. The first kappa shape index (κ1) is 13.3. The lowest BCUT2D eigenvalue weighted by atomic mass is 9.87. The van der Waals surface area contributed by atoms with Crippen LogP contribution in [0.2, 0.25) is 0 Å². The van der Waals surface area contributed by atoms with Gasteiger partial charge in [-0.2, -0.15) is 0 Å². The van der Waals surface area contributed by atoms with Crippen molar-refractivity contribution in [1.82, 2.24) is 5.32 Å². The van der Waals surface area contributed by atoms with Crippen LogP contribution in [0, 0.1) is 0 Å². The largest absolute Gasteiger partial charge is 0.366 e. The molecular weight excluding hydrogens is 240 g/mol. The molecule has 1 aliphatic carbocycles. The average molecular weight is 258 g/mol.